The number of aliphatic imine (C=N–C) groups is 2. The molecule has 32 heteroatoms. The Kier molecular flexibility index (Phi) is 44.0. The lowest BCUT2D eigenvalue weighted by molar-refractivity contribution is -0.388. The van der Waals surface area contributed by atoms with E-state index in [1.165, 1.54) is 54.8 Å². The molecule has 2 heterocycles. The number of Topliss-reactive ketones (excluding diaryl/α,β-unsaturated/α-hetero) is 2. The summed E-state index contributed by atoms with van der Waals surface area (Å²) >= 11 is 0. The number of hydroxylamine groups is 2. The van der Waals surface area contributed by atoms with Crippen LogP contribution in [0.5, 0.6) is 17.2 Å². The highest BCUT2D eigenvalue weighted by Gasteiger charge is 2.35. The van der Waals surface area contributed by atoms with E-state index >= 15 is 0 Å². The number of imide groups is 1. The number of hydrogen-bond donors (Lipinski definition) is 5. The van der Waals surface area contributed by atoms with Crippen molar-refractivity contribution in [1.82, 2.24) is 15.7 Å². The average Bonchev–Trinajstić information content (AvgIpc) is 1.61. The van der Waals surface area contributed by atoms with Gasteiger partial charge in [-0.3, -0.25) is 33.8 Å². The van der Waals surface area contributed by atoms with Gasteiger partial charge < -0.3 is 99.8 Å². The zero-order valence-electron chi connectivity index (χ0n) is 64.1. The summed E-state index contributed by atoms with van der Waals surface area (Å²) in [4.78, 5) is 151. The fourth-order valence-electron chi connectivity index (χ4n) is 10.2. The van der Waals surface area contributed by atoms with Crippen LogP contribution in [0.25, 0.3) is 16.7 Å². The molecule has 4 amide bonds. The van der Waals surface area contributed by atoms with E-state index in [2.05, 4.69) is 62.6 Å². The van der Waals surface area contributed by atoms with Gasteiger partial charge in [0.1, 0.15) is 36.9 Å². The molecule has 1 aliphatic carbocycles. The lowest BCUT2D eigenvalue weighted by Crippen LogP contribution is -3.00. The van der Waals surface area contributed by atoms with Crippen molar-refractivity contribution in [2.45, 2.75) is 64.0 Å². The lowest BCUT2D eigenvalue weighted by Gasteiger charge is -2.15. The second-order valence-electron chi connectivity index (χ2n) is 22.9. The molecule has 3 aliphatic rings. The number of carbonyl (C=O) groups is 12. The molecule has 10 rings (SSSR count). The number of nitrogens with one attached hydrogen (secondary N) is 3. The lowest BCUT2D eigenvalue weighted by atomic mass is 9.98. The van der Waals surface area contributed by atoms with Crippen LogP contribution in [0.2, 0.25) is 0 Å². The van der Waals surface area contributed by atoms with E-state index in [0.29, 0.717) is 34.2 Å². The number of benzene rings is 7. The first kappa shape index (κ1) is 96.3. The SMILES string of the molecule is C=N.CCC(=O)NC(C(=O)OC)C(=O)c1ccc(OC)cc1.CCC1=NC(C(=O)OC)=C(c2ccc(OC)cc2)C1.COC(=O)C([NH3+])C(=O)c1ccc(OC)cc1.COC(=O)CN=C(c1ccccc1)c1ccccc1.COC(=O)C[NH3+].O=C(CNC(=O)OCC1c2ccccc2-c2ccccc21)ON1C(=O)CCC1=O.[Cl-].[Cl-]. The van der Waals surface area contributed by atoms with Crippen LogP contribution in [0.4, 0.5) is 4.79 Å². The predicted octanol–water partition coefficient (Wildman–Crippen LogP) is 0.945. The highest BCUT2D eigenvalue weighted by atomic mass is 35.5. The van der Waals surface area contributed by atoms with Gasteiger partial charge in [-0.1, -0.05) is 135 Å². The number of rotatable bonds is 24. The van der Waals surface area contributed by atoms with Crippen LogP contribution < -0.4 is 61.1 Å². The van der Waals surface area contributed by atoms with Gasteiger partial charge in [-0.2, -0.15) is 0 Å². The molecule has 0 saturated carbocycles. The maximum atomic E-state index is 12.2. The van der Waals surface area contributed by atoms with Gasteiger partial charge in [0.25, 0.3) is 11.8 Å². The Hall–Kier alpha value is -12.8. The van der Waals surface area contributed by atoms with Gasteiger partial charge in [-0.25, -0.2) is 33.8 Å². The molecule has 1 fully saturated rings. The van der Waals surface area contributed by atoms with Gasteiger partial charge in [0.15, 0.2) is 24.1 Å². The summed E-state index contributed by atoms with van der Waals surface area (Å²) in [5.74, 6) is -3.88. The Bertz CT molecular complexity index is 4300. The molecule has 0 bridgehead atoms. The molecule has 2 atom stereocenters. The van der Waals surface area contributed by atoms with Crippen LogP contribution >= 0.6 is 0 Å². The summed E-state index contributed by atoms with van der Waals surface area (Å²) in [5, 5.41) is 10.6. The first-order valence-corrected chi connectivity index (χ1v) is 34.2. The number of methoxy groups -OCH3 is 8. The van der Waals surface area contributed by atoms with Crippen LogP contribution in [0.3, 0.4) is 0 Å². The van der Waals surface area contributed by atoms with Crippen molar-refractivity contribution in [2.75, 3.05) is 83.1 Å². The summed E-state index contributed by atoms with van der Waals surface area (Å²) in [6, 6.07) is 53.5. The smallest absolute Gasteiger partial charge is 0.407 e. The molecule has 9 N–H and O–H groups in total. The fourth-order valence-corrected chi connectivity index (χ4v) is 10.2. The van der Waals surface area contributed by atoms with Crippen molar-refractivity contribution in [3.05, 3.63) is 227 Å². The minimum atomic E-state index is -1.33. The molecule has 2 aliphatic heterocycles. The number of quaternary nitrogens is 2. The summed E-state index contributed by atoms with van der Waals surface area (Å²) in [5.41, 5.74) is 17.9. The average molecular weight is 1600 g/mol. The number of amides is 4. The molecule has 0 spiro atoms. The number of ether oxygens (including phenoxy) is 9. The van der Waals surface area contributed by atoms with Crippen LogP contribution in [-0.4, -0.2) is 190 Å². The molecule has 7 aromatic carbocycles. The summed E-state index contributed by atoms with van der Waals surface area (Å²) in [6.07, 6.45) is 0.928. The Labute approximate surface area is 666 Å². The van der Waals surface area contributed by atoms with Crippen molar-refractivity contribution in [3.8, 4) is 28.4 Å². The molecule has 113 heavy (non-hydrogen) atoms. The van der Waals surface area contributed by atoms with Gasteiger partial charge >= 0.3 is 41.9 Å². The highest BCUT2D eigenvalue weighted by Crippen LogP contribution is 2.44. The molecule has 7 aromatic rings. The van der Waals surface area contributed by atoms with E-state index in [1.54, 1.807) is 50.4 Å². The van der Waals surface area contributed by atoms with E-state index < -0.39 is 66.1 Å². The number of esters is 5. The third-order valence-electron chi connectivity index (χ3n) is 16.1. The first-order valence-electron chi connectivity index (χ1n) is 34.2. The van der Waals surface area contributed by atoms with Crippen LogP contribution in [0.1, 0.15) is 100 Å². The van der Waals surface area contributed by atoms with E-state index in [-0.39, 0.29) is 98.9 Å². The minimum Gasteiger partial charge on any atom is -1.00 e. The fraction of sp³-hybridized carbons (Fsp3) is 0.272. The Balaban J connectivity index is 0.000000472. The maximum Gasteiger partial charge on any atom is 0.407 e. The maximum absolute atomic E-state index is 12.2. The van der Waals surface area contributed by atoms with Crippen molar-refractivity contribution in [1.29, 1.82) is 5.41 Å². The van der Waals surface area contributed by atoms with Crippen LogP contribution in [0.15, 0.2) is 198 Å². The molecule has 0 radical (unpaired) electrons. The van der Waals surface area contributed by atoms with Crippen LogP contribution in [-0.2, 0) is 76.4 Å². The predicted molar refractivity (Wildman–Crippen MR) is 407 cm³/mol. The number of carbonyl (C=O) groups excluding carboxylic acids is 12. The largest absolute Gasteiger partial charge is 1.00 e. The number of fused-ring (bicyclic) bond motifs is 3. The molecule has 602 valence electrons. The molecule has 30 nitrogen and oxygen atoms in total. The number of allylic oxidation sites excluding steroid dienone is 1. The Morgan fingerprint density at radius 1 is 0.558 bits per heavy atom. The van der Waals surface area contributed by atoms with Crippen molar-refractivity contribution in [2.24, 2.45) is 9.98 Å². The van der Waals surface area contributed by atoms with Gasteiger partial charge in [0.2, 0.25) is 17.7 Å². The van der Waals surface area contributed by atoms with Crippen molar-refractivity contribution in [3.63, 3.8) is 0 Å². The molecular formula is C81H92Cl2N8O22. The number of nitrogens with zero attached hydrogens (tertiary/aromatic N) is 3. The number of halogens is 2. The minimum absolute atomic E-state index is 0. The normalized spacial score (nSPS) is 12.0. The molecule has 1 saturated heterocycles. The summed E-state index contributed by atoms with van der Waals surface area (Å²) < 4.78 is 43.0. The number of alkyl carbamates (subject to hydrolysis) is 1. The molecule has 0 aromatic heterocycles. The van der Waals surface area contributed by atoms with Gasteiger partial charge in [0.05, 0.1) is 62.6 Å². The van der Waals surface area contributed by atoms with Crippen LogP contribution in [0, 0.1) is 5.41 Å². The highest BCUT2D eigenvalue weighted by molar-refractivity contribution is 6.15. The zero-order chi connectivity index (χ0) is 82.0. The third-order valence-corrected chi connectivity index (χ3v) is 16.1. The zero-order valence-corrected chi connectivity index (χ0v) is 65.6. The Morgan fingerprint density at radius 2 is 1.01 bits per heavy atom. The third kappa shape index (κ3) is 29.9. The van der Waals surface area contributed by atoms with E-state index in [9.17, 15) is 57.5 Å². The first-order chi connectivity index (χ1) is 53.5. The molecule has 2 unspecified atom stereocenters. The molecular weight excluding hydrogens is 1510 g/mol. The van der Waals surface area contributed by atoms with Crippen molar-refractivity contribution < 1.29 is 141 Å². The topological polar surface area (TPSA) is 428 Å². The van der Waals surface area contributed by atoms with Crippen molar-refractivity contribution >= 4 is 94.9 Å². The van der Waals surface area contributed by atoms with E-state index in [0.717, 1.165) is 75.2 Å². The second-order valence-corrected chi connectivity index (χ2v) is 22.9. The standard InChI is InChI=1S/C21H18N2O6.C16H15NO2.C15H17NO3.C14H17NO5.C11H13NO4.C3H7NO2.CH3N.2ClH/c24-18-9-10-19(25)23(18)29-20(26)11-22-21(27)28-12-17-15-7-3-1-5-13(15)14-6-2-4-8-16(14)17;1-19-15(18)12-17-16(13-8-4-2-5-9-13)14-10-6-3-7-11-14;1-4-11-9-13(14(16-11)15(17)19-3)10-5-7-12(18-2)8-6-10;1-4-11(16)15-12(14(18)20-3)13(17)9-5-7-10(19-2)8-6-9;1-15-8-5-3-7(4-6-8)10(13)9(12)11(14)16-2;1-6-3(5)2-4;1-2;;/h1-8,17H,9-12H2,(H,22,27);2-11H,12H2,1H3;5-8H,4,9H2,1-3H3;5-8,12H,4H2,1-3H3,(H,15,16);3-6,9H,12H2,1-2H3;2,4H2,1H3;2H,1H2;2*1H. The van der Waals surface area contributed by atoms with E-state index in [4.69, 9.17) is 29.1 Å². The van der Waals surface area contributed by atoms with E-state index in [1.807, 2.05) is 140 Å². The quantitative estimate of drug-likeness (QED) is 0.0140. The van der Waals surface area contributed by atoms with Gasteiger partial charge in [-0.15, -0.1) is 5.06 Å². The monoisotopic (exact) mass is 1600 g/mol. The van der Waals surface area contributed by atoms with Gasteiger partial charge in [0, 0.05) is 59.6 Å². The Morgan fingerprint density at radius 3 is 1.42 bits per heavy atom. The number of ketones is 2. The second kappa shape index (κ2) is 51.6. The summed E-state index contributed by atoms with van der Waals surface area (Å²) in [7, 11) is 11.1. The number of hydrogen-bond acceptors (Lipinski definition) is 25. The summed E-state index contributed by atoms with van der Waals surface area (Å²) in [6.45, 7) is 5.99. The van der Waals surface area contributed by atoms with Gasteiger partial charge in [-0.05, 0) is 107 Å².